The van der Waals surface area contributed by atoms with Crippen LogP contribution >= 0.6 is 0 Å². The summed E-state index contributed by atoms with van der Waals surface area (Å²) in [5, 5.41) is 0. The predicted octanol–water partition coefficient (Wildman–Crippen LogP) is 2.48. The highest BCUT2D eigenvalue weighted by molar-refractivity contribution is 7.90. The molecule has 0 fully saturated rings. The van der Waals surface area contributed by atoms with Gasteiger partial charge in [-0.1, -0.05) is 12.1 Å². The lowest BCUT2D eigenvalue weighted by atomic mass is 9.99. The van der Waals surface area contributed by atoms with E-state index in [0.717, 1.165) is 5.56 Å². The fraction of sp³-hybridized carbons (Fsp3) is 0.438. The smallest absolute Gasteiger partial charge is 0.374 e. The molecule has 0 spiro atoms. The third-order valence-corrected chi connectivity index (χ3v) is 4.62. The van der Waals surface area contributed by atoms with E-state index in [1.807, 2.05) is 13.8 Å². The Morgan fingerprint density at radius 2 is 1.91 bits per heavy atom. The highest BCUT2D eigenvalue weighted by Crippen LogP contribution is 2.34. The average Bonchev–Trinajstić information content (AvgIpc) is 2.61. The van der Waals surface area contributed by atoms with Crippen LogP contribution < -0.4 is 0 Å². The summed E-state index contributed by atoms with van der Waals surface area (Å²) in [6, 6.07) is 4.98. The van der Waals surface area contributed by atoms with Gasteiger partial charge in [-0.3, -0.25) is 0 Å². The van der Waals surface area contributed by atoms with Crippen LogP contribution in [-0.4, -0.2) is 32.9 Å². The average molecular weight is 324 g/mol. The molecule has 22 heavy (non-hydrogen) atoms. The maximum absolute atomic E-state index is 11.9. The fourth-order valence-electron chi connectivity index (χ4n) is 2.51. The van der Waals surface area contributed by atoms with E-state index >= 15 is 0 Å². The summed E-state index contributed by atoms with van der Waals surface area (Å²) >= 11 is 0. The number of cyclic esters (lactones) is 1. The number of sulfone groups is 1. The quantitative estimate of drug-likeness (QED) is 0.796. The summed E-state index contributed by atoms with van der Waals surface area (Å²) in [4.78, 5) is 12.2. The normalized spacial score (nSPS) is 18.8. The maximum Gasteiger partial charge on any atom is 0.374 e. The molecule has 0 amide bonds. The molecule has 0 N–H and O–H groups in total. The van der Waals surface area contributed by atoms with Gasteiger partial charge in [0.25, 0.3) is 0 Å². The van der Waals surface area contributed by atoms with Gasteiger partial charge >= 0.3 is 5.97 Å². The van der Waals surface area contributed by atoms with Gasteiger partial charge < -0.3 is 9.47 Å². The second-order valence-electron chi connectivity index (χ2n) is 5.71. The van der Waals surface area contributed by atoms with E-state index in [1.165, 1.54) is 6.26 Å². The van der Waals surface area contributed by atoms with E-state index in [1.54, 1.807) is 32.0 Å². The molecule has 1 aliphatic heterocycles. The molecule has 1 aliphatic rings. The standard InChI is InChI=1S/C16H20O5S/c1-9(2)20-15-14(11(4)21-16(15)17)12-6-7-13(10(3)8-12)22(5,18)19/h6-9,11H,1-5H3. The van der Waals surface area contributed by atoms with Gasteiger partial charge in [0.1, 0.15) is 6.10 Å². The minimum Gasteiger partial charge on any atom is -0.484 e. The zero-order valence-electron chi connectivity index (χ0n) is 13.3. The zero-order valence-corrected chi connectivity index (χ0v) is 14.2. The number of benzene rings is 1. The SMILES string of the molecule is Cc1cc(C2=C(OC(C)C)C(=O)OC2C)ccc1S(C)(=O)=O. The van der Waals surface area contributed by atoms with Crippen LogP contribution in [0.5, 0.6) is 0 Å². The van der Waals surface area contributed by atoms with Crippen molar-refractivity contribution in [1.82, 2.24) is 0 Å². The van der Waals surface area contributed by atoms with Crippen LogP contribution in [0.2, 0.25) is 0 Å². The van der Waals surface area contributed by atoms with Crippen LogP contribution in [-0.2, 0) is 24.1 Å². The van der Waals surface area contributed by atoms with Crippen molar-refractivity contribution >= 4 is 21.4 Å². The van der Waals surface area contributed by atoms with Crippen molar-refractivity contribution in [3.8, 4) is 0 Å². The van der Waals surface area contributed by atoms with E-state index in [0.29, 0.717) is 11.1 Å². The van der Waals surface area contributed by atoms with E-state index in [9.17, 15) is 13.2 Å². The Hall–Kier alpha value is -1.82. The third kappa shape index (κ3) is 3.16. The Bertz CT molecular complexity index is 744. The minimum absolute atomic E-state index is 0.153. The summed E-state index contributed by atoms with van der Waals surface area (Å²) in [7, 11) is -3.28. The predicted molar refractivity (Wildman–Crippen MR) is 83.0 cm³/mol. The minimum atomic E-state index is -3.28. The number of rotatable bonds is 4. The summed E-state index contributed by atoms with van der Waals surface area (Å²) in [5.74, 6) is -0.282. The van der Waals surface area contributed by atoms with E-state index < -0.39 is 21.9 Å². The topological polar surface area (TPSA) is 69.7 Å². The first-order valence-corrected chi connectivity index (χ1v) is 8.93. The van der Waals surface area contributed by atoms with Gasteiger partial charge in [0.05, 0.1) is 11.0 Å². The molecule has 0 radical (unpaired) electrons. The molecule has 1 atom stereocenters. The lowest BCUT2D eigenvalue weighted by molar-refractivity contribution is -0.142. The molecule has 0 bridgehead atoms. The van der Waals surface area contributed by atoms with E-state index in [2.05, 4.69) is 0 Å². The number of carbonyl (C=O) groups excluding carboxylic acids is 1. The maximum atomic E-state index is 11.9. The van der Waals surface area contributed by atoms with Crippen LogP contribution in [0.1, 0.15) is 31.9 Å². The Morgan fingerprint density at radius 1 is 1.27 bits per heavy atom. The van der Waals surface area contributed by atoms with Crippen molar-refractivity contribution in [2.75, 3.05) is 6.26 Å². The summed E-state index contributed by atoms with van der Waals surface area (Å²) in [6.45, 7) is 7.16. The number of hydrogen-bond donors (Lipinski definition) is 0. The number of hydrogen-bond acceptors (Lipinski definition) is 5. The molecule has 0 aliphatic carbocycles. The van der Waals surface area contributed by atoms with Crippen LogP contribution in [0.15, 0.2) is 28.9 Å². The van der Waals surface area contributed by atoms with Crippen molar-refractivity contribution in [3.05, 3.63) is 35.1 Å². The Morgan fingerprint density at radius 3 is 2.41 bits per heavy atom. The summed E-state index contributed by atoms with van der Waals surface area (Å²) in [5.41, 5.74) is 2.02. The Balaban J connectivity index is 2.56. The fourth-order valence-corrected chi connectivity index (χ4v) is 3.47. The molecule has 5 nitrogen and oxygen atoms in total. The van der Waals surface area contributed by atoms with Gasteiger partial charge in [0.15, 0.2) is 9.84 Å². The summed E-state index contributed by atoms with van der Waals surface area (Å²) in [6.07, 6.45) is 0.593. The number of aryl methyl sites for hydroxylation is 1. The molecule has 0 saturated heterocycles. The molecule has 120 valence electrons. The first-order chi connectivity index (χ1) is 10.1. The Kier molecular flexibility index (Phi) is 4.33. The molecule has 1 aromatic rings. The Labute approximate surface area is 130 Å². The lowest BCUT2D eigenvalue weighted by Gasteiger charge is -2.13. The second-order valence-corrected chi connectivity index (χ2v) is 7.69. The summed E-state index contributed by atoms with van der Waals surface area (Å²) < 4.78 is 34.2. The number of esters is 1. The zero-order chi connectivity index (χ0) is 16.7. The van der Waals surface area contributed by atoms with Gasteiger partial charge in [-0.2, -0.15) is 0 Å². The third-order valence-electron chi connectivity index (χ3n) is 3.36. The first-order valence-electron chi connectivity index (χ1n) is 7.04. The highest BCUT2D eigenvalue weighted by Gasteiger charge is 2.34. The lowest BCUT2D eigenvalue weighted by Crippen LogP contribution is -2.09. The molecule has 2 rings (SSSR count). The second kappa shape index (κ2) is 5.76. The van der Waals surface area contributed by atoms with E-state index in [-0.39, 0.29) is 16.8 Å². The van der Waals surface area contributed by atoms with Gasteiger partial charge in [-0.25, -0.2) is 13.2 Å². The molecule has 1 aromatic carbocycles. The van der Waals surface area contributed by atoms with Crippen molar-refractivity contribution in [1.29, 1.82) is 0 Å². The molecule has 0 saturated carbocycles. The molecule has 1 unspecified atom stereocenters. The number of ether oxygens (including phenoxy) is 2. The highest BCUT2D eigenvalue weighted by atomic mass is 32.2. The van der Waals surface area contributed by atoms with Crippen LogP contribution in [0.25, 0.3) is 5.57 Å². The number of carbonyl (C=O) groups is 1. The van der Waals surface area contributed by atoms with Crippen LogP contribution in [0, 0.1) is 6.92 Å². The van der Waals surface area contributed by atoms with Crippen molar-refractivity contribution in [3.63, 3.8) is 0 Å². The molecule has 6 heteroatoms. The van der Waals surface area contributed by atoms with Gasteiger partial charge in [-0.15, -0.1) is 0 Å². The molecule has 1 heterocycles. The molecular weight excluding hydrogens is 304 g/mol. The van der Waals surface area contributed by atoms with Crippen molar-refractivity contribution in [2.24, 2.45) is 0 Å². The first kappa shape index (κ1) is 16.5. The van der Waals surface area contributed by atoms with Crippen LogP contribution in [0.4, 0.5) is 0 Å². The van der Waals surface area contributed by atoms with Gasteiger partial charge in [0.2, 0.25) is 5.76 Å². The monoisotopic (exact) mass is 324 g/mol. The van der Waals surface area contributed by atoms with Gasteiger partial charge in [-0.05, 0) is 44.9 Å². The van der Waals surface area contributed by atoms with Gasteiger partial charge in [0, 0.05) is 11.8 Å². The van der Waals surface area contributed by atoms with Crippen molar-refractivity contribution in [2.45, 2.75) is 44.8 Å². The largest absolute Gasteiger partial charge is 0.484 e. The van der Waals surface area contributed by atoms with Crippen molar-refractivity contribution < 1.29 is 22.7 Å². The van der Waals surface area contributed by atoms with E-state index in [4.69, 9.17) is 9.47 Å². The molecule has 0 aromatic heterocycles. The van der Waals surface area contributed by atoms with Crippen LogP contribution in [0.3, 0.4) is 0 Å². The molecular formula is C16H20O5S.